The van der Waals surface area contributed by atoms with Crippen molar-refractivity contribution in [3.63, 3.8) is 0 Å². The monoisotopic (exact) mass is 160 g/mol. The van der Waals surface area contributed by atoms with Gasteiger partial charge in [-0.25, -0.2) is 0 Å². The molecule has 2 nitrogen and oxygen atoms in total. The van der Waals surface area contributed by atoms with Gasteiger partial charge < -0.3 is 0 Å². The molecule has 0 unspecified atom stereocenters. The second-order valence-corrected chi connectivity index (χ2v) is 4.58. The Balaban J connectivity index is 1.93. The number of aromatic nitrogens is 2. The lowest BCUT2D eigenvalue weighted by Gasteiger charge is -2.04. The van der Waals surface area contributed by atoms with Gasteiger partial charge in [-0.15, -0.1) is 0 Å². The summed E-state index contributed by atoms with van der Waals surface area (Å²) in [5, 5.41) is 4.43. The average Bonchev–Trinajstić information content (AvgIpc) is 2.76. The molecule has 2 saturated heterocycles. The lowest BCUT2D eigenvalue weighted by molar-refractivity contribution is 0.558. The molecule has 0 atom stereocenters. The van der Waals surface area contributed by atoms with Crippen LogP contribution in [0.15, 0.2) is 12.4 Å². The molecular formula is C9H13BN2. The summed E-state index contributed by atoms with van der Waals surface area (Å²) in [6.45, 7) is 5.42. The lowest BCUT2D eigenvalue weighted by Crippen LogP contribution is -2.06. The Hall–Kier alpha value is -0.725. The highest BCUT2D eigenvalue weighted by molar-refractivity contribution is 6.85. The van der Waals surface area contributed by atoms with Crippen molar-refractivity contribution in [1.29, 1.82) is 0 Å². The van der Waals surface area contributed by atoms with E-state index in [1.54, 1.807) is 0 Å². The van der Waals surface area contributed by atoms with E-state index in [4.69, 9.17) is 0 Å². The van der Waals surface area contributed by atoms with E-state index in [1.807, 2.05) is 6.20 Å². The van der Waals surface area contributed by atoms with E-state index in [0.717, 1.165) is 6.71 Å². The highest BCUT2D eigenvalue weighted by Crippen LogP contribution is 2.65. The minimum atomic E-state index is 0.521. The Morgan fingerprint density at radius 3 is 2.67 bits per heavy atom. The first kappa shape index (κ1) is 6.75. The molecule has 0 bridgehead atoms. The first-order valence-electron chi connectivity index (χ1n) is 4.77. The summed E-state index contributed by atoms with van der Waals surface area (Å²) in [6.07, 6.45) is 7.02. The number of nitrogens with zero attached hydrogens (tertiary/aromatic N) is 2. The molecule has 0 aliphatic carbocycles. The maximum Gasteiger partial charge on any atom is 0.175 e. The van der Waals surface area contributed by atoms with Gasteiger partial charge in [0.15, 0.2) is 6.71 Å². The first-order chi connectivity index (χ1) is 5.72. The molecule has 12 heavy (non-hydrogen) atoms. The van der Waals surface area contributed by atoms with Gasteiger partial charge in [-0.05, 0) is 11.5 Å². The Morgan fingerprint density at radius 2 is 2.25 bits per heavy atom. The van der Waals surface area contributed by atoms with Crippen LogP contribution in [0.4, 0.5) is 0 Å². The van der Waals surface area contributed by atoms with Crippen LogP contribution >= 0.6 is 0 Å². The lowest BCUT2D eigenvalue weighted by atomic mass is 9.87. The predicted octanol–water partition coefficient (Wildman–Crippen LogP) is 1.76. The molecule has 0 aromatic carbocycles. The third kappa shape index (κ3) is 0.693. The topological polar surface area (TPSA) is 17.8 Å². The van der Waals surface area contributed by atoms with Crippen molar-refractivity contribution in [2.24, 2.45) is 0 Å². The van der Waals surface area contributed by atoms with Gasteiger partial charge in [0, 0.05) is 11.6 Å². The zero-order valence-corrected chi connectivity index (χ0v) is 7.62. The molecule has 2 aliphatic rings. The normalized spacial score (nSPS) is 22.8. The Labute approximate surface area is 73.0 Å². The summed E-state index contributed by atoms with van der Waals surface area (Å²) >= 11 is 0. The van der Waals surface area contributed by atoms with Crippen molar-refractivity contribution in [3.05, 3.63) is 18.0 Å². The van der Waals surface area contributed by atoms with Crippen LogP contribution in [-0.4, -0.2) is 16.5 Å². The third-order valence-electron chi connectivity index (χ3n) is 3.36. The SMILES string of the molecule is CC(C)c1cnn(C23CB2C3)c1. The van der Waals surface area contributed by atoms with E-state index in [-0.39, 0.29) is 0 Å². The van der Waals surface area contributed by atoms with Gasteiger partial charge in [0.25, 0.3) is 0 Å². The smallest absolute Gasteiger partial charge is 0.175 e. The largest absolute Gasteiger partial charge is 0.275 e. The van der Waals surface area contributed by atoms with E-state index in [2.05, 4.69) is 29.8 Å². The molecule has 2 fully saturated rings. The van der Waals surface area contributed by atoms with Crippen LogP contribution in [0.3, 0.4) is 0 Å². The van der Waals surface area contributed by atoms with Gasteiger partial charge >= 0.3 is 0 Å². The number of rotatable bonds is 2. The number of hydrogen-bond acceptors (Lipinski definition) is 1. The summed E-state index contributed by atoms with van der Waals surface area (Å²) in [5.74, 6) is 0.617. The van der Waals surface area contributed by atoms with E-state index < -0.39 is 0 Å². The molecule has 3 heterocycles. The van der Waals surface area contributed by atoms with Crippen molar-refractivity contribution in [3.8, 4) is 0 Å². The average molecular weight is 160 g/mol. The zero-order chi connectivity index (χ0) is 8.34. The fourth-order valence-electron chi connectivity index (χ4n) is 1.93. The summed E-state index contributed by atoms with van der Waals surface area (Å²) in [7, 11) is 0. The van der Waals surface area contributed by atoms with Crippen LogP contribution in [-0.2, 0) is 5.44 Å². The van der Waals surface area contributed by atoms with E-state index in [9.17, 15) is 0 Å². The second-order valence-electron chi connectivity index (χ2n) is 4.58. The molecule has 0 spiro atoms. The molecule has 1 aromatic heterocycles. The maximum absolute atomic E-state index is 4.43. The van der Waals surface area contributed by atoms with Gasteiger partial charge in [-0.3, -0.25) is 4.68 Å². The molecule has 3 heteroatoms. The summed E-state index contributed by atoms with van der Waals surface area (Å²) in [4.78, 5) is 0. The molecule has 1 aromatic rings. The van der Waals surface area contributed by atoms with Crippen molar-refractivity contribution < 1.29 is 0 Å². The maximum atomic E-state index is 4.43. The minimum absolute atomic E-state index is 0.521. The highest BCUT2D eigenvalue weighted by Gasteiger charge is 2.74. The van der Waals surface area contributed by atoms with Gasteiger partial charge in [-0.2, -0.15) is 5.10 Å². The number of fused-ring (bicyclic) bond motifs is 1. The first-order valence-corrected chi connectivity index (χ1v) is 4.77. The van der Waals surface area contributed by atoms with E-state index in [1.165, 1.54) is 18.2 Å². The van der Waals surface area contributed by atoms with E-state index in [0.29, 0.717) is 11.4 Å². The Bertz CT molecular complexity index is 323. The van der Waals surface area contributed by atoms with Crippen molar-refractivity contribution in [2.45, 2.75) is 37.8 Å². The minimum Gasteiger partial charge on any atom is -0.275 e. The molecule has 0 radical (unpaired) electrons. The molecule has 0 saturated carbocycles. The predicted molar refractivity (Wildman–Crippen MR) is 49.7 cm³/mol. The Morgan fingerprint density at radius 1 is 1.58 bits per heavy atom. The zero-order valence-electron chi connectivity index (χ0n) is 7.62. The van der Waals surface area contributed by atoms with Crippen molar-refractivity contribution in [2.75, 3.05) is 0 Å². The molecule has 0 N–H and O–H groups in total. The summed E-state index contributed by atoms with van der Waals surface area (Å²) in [6, 6.07) is 0. The second kappa shape index (κ2) is 1.78. The fraction of sp³-hybridized carbons (Fsp3) is 0.667. The quantitative estimate of drug-likeness (QED) is 0.602. The van der Waals surface area contributed by atoms with Crippen molar-refractivity contribution >= 4 is 6.71 Å². The van der Waals surface area contributed by atoms with Gasteiger partial charge in [0.2, 0.25) is 0 Å². The summed E-state index contributed by atoms with van der Waals surface area (Å²) in [5.41, 5.74) is 1.90. The highest BCUT2D eigenvalue weighted by atomic mass is 15.3. The van der Waals surface area contributed by atoms with E-state index >= 15 is 0 Å². The molecular weight excluding hydrogens is 147 g/mol. The van der Waals surface area contributed by atoms with Crippen LogP contribution in [0.25, 0.3) is 0 Å². The van der Waals surface area contributed by atoms with Crippen LogP contribution in [0.1, 0.15) is 25.3 Å². The van der Waals surface area contributed by atoms with Crippen molar-refractivity contribution in [1.82, 2.24) is 9.78 Å². The fourth-order valence-corrected chi connectivity index (χ4v) is 1.93. The van der Waals surface area contributed by atoms with Crippen LogP contribution in [0.2, 0.25) is 12.6 Å². The number of hydrogen-bond donors (Lipinski definition) is 0. The van der Waals surface area contributed by atoms with Crippen LogP contribution in [0.5, 0.6) is 0 Å². The van der Waals surface area contributed by atoms with Gasteiger partial charge in [0.1, 0.15) is 0 Å². The Kier molecular flexibility index (Phi) is 1.00. The molecule has 3 rings (SSSR count). The molecule has 62 valence electrons. The third-order valence-corrected chi connectivity index (χ3v) is 3.36. The van der Waals surface area contributed by atoms with Gasteiger partial charge in [-0.1, -0.05) is 26.5 Å². The standard InChI is InChI=1S/C9H13BN2/c1-7(2)8-3-11-12(4-8)9-5-10(9)6-9/h3-4,7H,5-6H2,1-2H3. The van der Waals surface area contributed by atoms with Crippen LogP contribution < -0.4 is 0 Å². The summed E-state index contributed by atoms with van der Waals surface area (Å²) < 4.78 is 2.20. The van der Waals surface area contributed by atoms with Gasteiger partial charge in [0.05, 0.1) is 6.20 Å². The molecule has 0 amide bonds. The van der Waals surface area contributed by atoms with Crippen LogP contribution in [0, 0.1) is 0 Å². The molecule has 2 aliphatic heterocycles.